The van der Waals surface area contributed by atoms with E-state index in [0.717, 1.165) is 12.2 Å². The van der Waals surface area contributed by atoms with Gasteiger partial charge in [-0.1, -0.05) is 29.8 Å². The summed E-state index contributed by atoms with van der Waals surface area (Å²) in [4.78, 5) is 0. The van der Waals surface area contributed by atoms with E-state index in [1.165, 1.54) is 11.1 Å². The van der Waals surface area contributed by atoms with Crippen LogP contribution in [0, 0.1) is 6.92 Å². The van der Waals surface area contributed by atoms with Crippen molar-refractivity contribution < 1.29 is 4.74 Å². The Kier molecular flexibility index (Phi) is 3.94. The molecule has 0 amide bonds. The number of allylic oxidation sites excluding steroid dienone is 1. The van der Waals surface area contributed by atoms with Crippen LogP contribution in [0.4, 0.5) is 0 Å². The van der Waals surface area contributed by atoms with E-state index >= 15 is 0 Å². The predicted octanol–water partition coefficient (Wildman–Crippen LogP) is 2.16. The normalized spacial score (nSPS) is 18.5. The molecule has 1 aliphatic heterocycles. The zero-order chi connectivity index (χ0) is 13.0. The Balaban J connectivity index is 1.95. The molecular weight excluding hydrogens is 246 g/mol. The van der Waals surface area contributed by atoms with Crippen LogP contribution in [0.5, 0.6) is 0 Å². The van der Waals surface area contributed by atoms with Gasteiger partial charge in [0.05, 0.1) is 6.21 Å². The molecule has 0 aromatic heterocycles. The minimum Gasteiger partial charge on any atom is -0.484 e. The van der Waals surface area contributed by atoms with Gasteiger partial charge in [0.1, 0.15) is 11.9 Å². The van der Waals surface area contributed by atoms with Crippen LogP contribution < -0.4 is 11.2 Å². The fraction of sp³-hybridized carbons (Fsp3) is 0.231. The van der Waals surface area contributed by atoms with Crippen molar-refractivity contribution in [2.24, 2.45) is 10.8 Å². The predicted molar refractivity (Wildman–Crippen MR) is 76.1 cm³/mol. The van der Waals surface area contributed by atoms with Crippen LogP contribution in [0.2, 0.25) is 0 Å². The summed E-state index contributed by atoms with van der Waals surface area (Å²) in [5.74, 6) is 0.727. The first-order valence-corrected chi connectivity index (χ1v) is 6.08. The quantitative estimate of drug-likeness (QED) is 0.497. The van der Waals surface area contributed by atoms with E-state index in [-0.39, 0.29) is 11.2 Å². The second kappa shape index (κ2) is 5.64. The van der Waals surface area contributed by atoms with Crippen molar-refractivity contribution in [1.29, 1.82) is 0 Å². The number of hydrazone groups is 1. The lowest BCUT2D eigenvalue weighted by Crippen LogP contribution is -2.24. The zero-order valence-corrected chi connectivity index (χ0v) is 10.9. The van der Waals surface area contributed by atoms with Gasteiger partial charge in [0, 0.05) is 6.42 Å². The monoisotopic (exact) mass is 261 g/mol. The highest BCUT2D eigenvalue weighted by Crippen LogP contribution is 2.30. The Morgan fingerprint density at radius 1 is 1.61 bits per heavy atom. The first-order chi connectivity index (χ1) is 8.65. The molecule has 3 N–H and O–H groups in total. The van der Waals surface area contributed by atoms with E-state index in [1.807, 2.05) is 12.1 Å². The number of benzene rings is 1. The maximum absolute atomic E-state index is 5.77. The number of nitrogens with zero attached hydrogens (tertiary/aromatic N) is 1. The third-order valence-corrected chi connectivity index (χ3v) is 2.68. The van der Waals surface area contributed by atoms with Crippen LogP contribution in [-0.4, -0.2) is 11.3 Å². The van der Waals surface area contributed by atoms with E-state index in [9.17, 15) is 0 Å². The Bertz CT molecular complexity index is 511. The molecule has 1 heterocycles. The maximum atomic E-state index is 5.77. The molecule has 2 rings (SSSR count). The summed E-state index contributed by atoms with van der Waals surface area (Å²) < 4.78 is 5.77. The first-order valence-electron chi connectivity index (χ1n) is 5.67. The average Bonchev–Trinajstić information content (AvgIpc) is 2.77. The van der Waals surface area contributed by atoms with Gasteiger partial charge in [-0.05, 0) is 30.8 Å². The number of nitrogens with one attached hydrogen (secondary N) is 1. The number of nitrogens with two attached hydrogens (primary N) is 1. The molecule has 0 fully saturated rings. The summed E-state index contributed by atoms with van der Waals surface area (Å²) in [6.45, 7) is 2.07. The average molecular weight is 261 g/mol. The molecule has 94 valence electrons. The van der Waals surface area contributed by atoms with Crippen molar-refractivity contribution in [3.8, 4) is 0 Å². The van der Waals surface area contributed by atoms with Crippen molar-refractivity contribution >= 4 is 23.5 Å². The van der Waals surface area contributed by atoms with Crippen molar-refractivity contribution in [2.75, 3.05) is 0 Å². The van der Waals surface area contributed by atoms with Gasteiger partial charge in [0.2, 0.25) is 0 Å². The highest BCUT2D eigenvalue weighted by Gasteiger charge is 2.18. The van der Waals surface area contributed by atoms with Gasteiger partial charge >= 0.3 is 0 Å². The minimum absolute atomic E-state index is 0.0659. The molecule has 1 atom stereocenters. The lowest BCUT2D eigenvalue weighted by atomic mass is 10.1. The molecule has 18 heavy (non-hydrogen) atoms. The molecule has 1 aliphatic rings. The largest absolute Gasteiger partial charge is 0.484 e. The summed E-state index contributed by atoms with van der Waals surface area (Å²) in [6.07, 6.45) is 4.49. The Morgan fingerprint density at radius 2 is 2.44 bits per heavy atom. The maximum Gasteiger partial charge on any atom is 0.184 e. The standard InChI is InChI=1S/C13H15N3OS/c1-9-3-2-4-10(7-9)12-6-5-11(17-12)8-15-16-13(14)18/h2-5,7-8,12H,6H2,1H3,(H3,14,16,18)/b15-8+. The van der Waals surface area contributed by atoms with Gasteiger partial charge in [-0.2, -0.15) is 5.10 Å². The Labute approximate surface area is 112 Å². The van der Waals surface area contributed by atoms with Crippen LogP contribution in [0.1, 0.15) is 23.7 Å². The van der Waals surface area contributed by atoms with Gasteiger partial charge in [-0.25, -0.2) is 0 Å². The lowest BCUT2D eigenvalue weighted by molar-refractivity contribution is 0.160. The molecule has 1 aromatic rings. The first kappa shape index (κ1) is 12.6. The number of thiocarbonyl (C=S) groups is 1. The van der Waals surface area contributed by atoms with E-state index in [4.69, 9.17) is 10.5 Å². The fourth-order valence-corrected chi connectivity index (χ4v) is 1.85. The molecule has 0 bridgehead atoms. The van der Waals surface area contributed by atoms with Gasteiger partial charge < -0.3 is 10.5 Å². The third kappa shape index (κ3) is 3.30. The number of hydrogen-bond acceptors (Lipinski definition) is 3. The summed E-state index contributed by atoms with van der Waals surface area (Å²) >= 11 is 4.64. The molecular formula is C13H15N3OS. The molecule has 0 spiro atoms. The third-order valence-electron chi connectivity index (χ3n) is 2.59. The molecule has 0 saturated heterocycles. The minimum atomic E-state index is 0.0659. The SMILES string of the molecule is Cc1cccc(C2CC=C(/C=N/NC(N)=S)O2)c1. The highest BCUT2D eigenvalue weighted by molar-refractivity contribution is 7.80. The molecule has 4 nitrogen and oxygen atoms in total. The second-order valence-electron chi connectivity index (χ2n) is 4.10. The van der Waals surface area contributed by atoms with Gasteiger partial charge in [-0.3, -0.25) is 5.43 Å². The fourth-order valence-electron chi connectivity index (χ4n) is 1.80. The van der Waals surface area contributed by atoms with E-state index in [1.54, 1.807) is 6.21 Å². The smallest absolute Gasteiger partial charge is 0.184 e. The van der Waals surface area contributed by atoms with Crippen LogP contribution in [0.15, 0.2) is 41.2 Å². The van der Waals surface area contributed by atoms with Crippen LogP contribution in [0.25, 0.3) is 0 Å². The Hall–Kier alpha value is -1.88. The van der Waals surface area contributed by atoms with E-state index < -0.39 is 0 Å². The van der Waals surface area contributed by atoms with Gasteiger partial charge in [-0.15, -0.1) is 0 Å². The van der Waals surface area contributed by atoms with Crippen LogP contribution in [0.3, 0.4) is 0 Å². The number of rotatable bonds is 3. The van der Waals surface area contributed by atoms with E-state index in [0.29, 0.717) is 0 Å². The molecule has 1 aromatic carbocycles. The van der Waals surface area contributed by atoms with Crippen molar-refractivity contribution in [3.05, 3.63) is 47.2 Å². The zero-order valence-electron chi connectivity index (χ0n) is 10.1. The molecule has 5 heteroatoms. The molecule has 1 unspecified atom stereocenters. The summed E-state index contributed by atoms with van der Waals surface area (Å²) in [6, 6.07) is 8.31. The van der Waals surface area contributed by atoms with Crippen LogP contribution >= 0.6 is 12.2 Å². The summed E-state index contributed by atoms with van der Waals surface area (Å²) in [5, 5.41) is 4.00. The van der Waals surface area contributed by atoms with E-state index in [2.05, 4.69) is 47.9 Å². The molecule has 0 radical (unpaired) electrons. The second-order valence-corrected chi connectivity index (χ2v) is 4.54. The van der Waals surface area contributed by atoms with Crippen LogP contribution in [-0.2, 0) is 4.74 Å². The van der Waals surface area contributed by atoms with Crippen molar-refractivity contribution in [3.63, 3.8) is 0 Å². The number of aryl methyl sites for hydroxylation is 1. The van der Waals surface area contributed by atoms with Crippen molar-refractivity contribution in [2.45, 2.75) is 19.4 Å². The summed E-state index contributed by atoms with van der Waals surface area (Å²) in [7, 11) is 0. The van der Waals surface area contributed by atoms with Crippen molar-refractivity contribution in [1.82, 2.24) is 5.43 Å². The topological polar surface area (TPSA) is 59.6 Å². The Morgan fingerprint density at radius 3 is 3.17 bits per heavy atom. The lowest BCUT2D eigenvalue weighted by Gasteiger charge is -2.12. The highest BCUT2D eigenvalue weighted by atomic mass is 32.1. The van der Waals surface area contributed by atoms with Gasteiger partial charge in [0.15, 0.2) is 5.11 Å². The summed E-state index contributed by atoms with van der Waals surface area (Å²) in [5.41, 5.74) is 10.2. The molecule has 0 aliphatic carbocycles. The number of ether oxygens (including phenoxy) is 1. The number of hydrogen-bond donors (Lipinski definition) is 2. The molecule has 0 saturated carbocycles. The van der Waals surface area contributed by atoms with Gasteiger partial charge in [0.25, 0.3) is 0 Å².